The minimum Gasteiger partial charge on any atom is -0.493 e. The summed E-state index contributed by atoms with van der Waals surface area (Å²) in [7, 11) is 3.28. The molecule has 0 atom stereocenters. The molecule has 18 heavy (non-hydrogen) atoms. The fourth-order valence-electron chi connectivity index (χ4n) is 1.72. The molecule has 0 N–H and O–H groups in total. The van der Waals surface area contributed by atoms with Crippen molar-refractivity contribution in [2.45, 2.75) is 32.3 Å². The number of hydrogen-bond acceptors (Lipinski definition) is 3. The molecular formula is C15H23O3. The zero-order chi connectivity index (χ0) is 13.2. The molecule has 0 aliphatic rings. The van der Waals surface area contributed by atoms with Crippen LogP contribution in [-0.2, 0) is 11.3 Å². The van der Waals surface area contributed by atoms with E-state index >= 15 is 0 Å². The molecule has 3 heteroatoms. The van der Waals surface area contributed by atoms with Crippen molar-refractivity contribution in [2.24, 2.45) is 0 Å². The third kappa shape index (κ3) is 4.96. The molecule has 0 bridgehead atoms. The van der Waals surface area contributed by atoms with Crippen molar-refractivity contribution < 1.29 is 14.2 Å². The molecule has 3 nitrogen and oxygen atoms in total. The second-order valence-corrected chi connectivity index (χ2v) is 4.16. The van der Waals surface area contributed by atoms with Crippen LogP contribution < -0.4 is 9.47 Å². The monoisotopic (exact) mass is 251 g/mol. The first-order valence-corrected chi connectivity index (χ1v) is 6.39. The van der Waals surface area contributed by atoms with Gasteiger partial charge in [0.15, 0.2) is 11.5 Å². The lowest BCUT2D eigenvalue weighted by Crippen LogP contribution is -1.97. The molecule has 0 saturated heterocycles. The van der Waals surface area contributed by atoms with Crippen LogP contribution in [0.5, 0.6) is 11.5 Å². The van der Waals surface area contributed by atoms with Crippen molar-refractivity contribution in [3.63, 3.8) is 0 Å². The molecule has 1 aromatic carbocycles. The molecule has 0 amide bonds. The molecule has 0 fully saturated rings. The van der Waals surface area contributed by atoms with Crippen molar-refractivity contribution in [3.8, 4) is 11.5 Å². The van der Waals surface area contributed by atoms with Gasteiger partial charge < -0.3 is 14.2 Å². The first-order chi connectivity index (χ1) is 8.81. The highest BCUT2D eigenvalue weighted by molar-refractivity contribution is 5.42. The average molecular weight is 251 g/mol. The van der Waals surface area contributed by atoms with Gasteiger partial charge in [0.25, 0.3) is 0 Å². The Kier molecular flexibility index (Phi) is 7.26. The van der Waals surface area contributed by atoms with E-state index in [1.807, 2.05) is 18.2 Å². The minimum atomic E-state index is 0.616. The molecule has 101 valence electrons. The van der Waals surface area contributed by atoms with Gasteiger partial charge in [-0.2, -0.15) is 0 Å². The average Bonchev–Trinajstić information content (AvgIpc) is 2.42. The molecule has 0 aliphatic carbocycles. The van der Waals surface area contributed by atoms with Crippen LogP contribution in [0.25, 0.3) is 0 Å². The maximum atomic E-state index is 5.62. The van der Waals surface area contributed by atoms with E-state index in [9.17, 15) is 0 Å². The lowest BCUT2D eigenvalue weighted by molar-refractivity contribution is 0.116. The van der Waals surface area contributed by atoms with Crippen molar-refractivity contribution in [2.75, 3.05) is 20.8 Å². The number of rotatable bonds is 9. The SMILES string of the molecule is [CH2]CCCCCOCc1ccc(OC)c(OC)c1. The van der Waals surface area contributed by atoms with Crippen LogP contribution in [0.1, 0.15) is 31.2 Å². The molecule has 1 aromatic rings. The van der Waals surface area contributed by atoms with E-state index in [1.165, 1.54) is 12.8 Å². The summed E-state index contributed by atoms with van der Waals surface area (Å²) in [5.41, 5.74) is 1.10. The number of ether oxygens (including phenoxy) is 3. The normalized spacial score (nSPS) is 10.4. The summed E-state index contributed by atoms with van der Waals surface area (Å²) in [5, 5.41) is 0. The lowest BCUT2D eigenvalue weighted by Gasteiger charge is -2.10. The van der Waals surface area contributed by atoms with Gasteiger partial charge in [-0.15, -0.1) is 0 Å². The van der Waals surface area contributed by atoms with Gasteiger partial charge in [0.05, 0.1) is 20.8 Å². The van der Waals surface area contributed by atoms with Crippen molar-refractivity contribution >= 4 is 0 Å². The van der Waals surface area contributed by atoms with Crippen LogP contribution >= 0.6 is 0 Å². The zero-order valence-electron chi connectivity index (χ0n) is 11.4. The molecule has 0 aliphatic heterocycles. The highest BCUT2D eigenvalue weighted by Gasteiger charge is 2.04. The van der Waals surface area contributed by atoms with Gasteiger partial charge in [0.1, 0.15) is 0 Å². The molecule has 0 heterocycles. The van der Waals surface area contributed by atoms with E-state index in [-0.39, 0.29) is 0 Å². The highest BCUT2D eigenvalue weighted by atomic mass is 16.5. The van der Waals surface area contributed by atoms with Crippen LogP contribution in [0.15, 0.2) is 18.2 Å². The molecule has 0 spiro atoms. The summed E-state index contributed by atoms with van der Waals surface area (Å²) in [6.07, 6.45) is 4.48. The maximum absolute atomic E-state index is 5.62. The van der Waals surface area contributed by atoms with Gasteiger partial charge in [-0.3, -0.25) is 0 Å². The Hall–Kier alpha value is -1.22. The van der Waals surface area contributed by atoms with E-state index in [2.05, 4.69) is 6.92 Å². The number of hydrogen-bond donors (Lipinski definition) is 0. The Morgan fingerprint density at radius 2 is 1.78 bits per heavy atom. The predicted octanol–water partition coefficient (Wildman–Crippen LogP) is 3.61. The Labute approximate surface area is 110 Å². The lowest BCUT2D eigenvalue weighted by atomic mass is 10.2. The van der Waals surface area contributed by atoms with Crippen molar-refractivity contribution in [3.05, 3.63) is 30.7 Å². The largest absolute Gasteiger partial charge is 0.493 e. The van der Waals surface area contributed by atoms with Crippen LogP contribution in [0.4, 0.5) is 0 Å². The minimum absolute atomic E-state index is 0.616. The van der Waals surface area contributed by atoms with Gasteiger partial charge in [-0.05, 0) is 24.1 Å². The summed E-state index contributed by atoms with van der Waals surface area (Å²) >= 11 is 0. The van der Waals surface area contributed by atoms with Crippen LogP contribution in [0, 0.1) is 6.92 Å². The number of methoxy groups -OCH3 is 2. The first kappa shape index (κ1) is 14.8. The first-order valence-electron chi connectivity index (χ1n) is 6.39. The molecule has 1 rings (SSSR count). The molecular weight excluding hydrogens is 228 g/mol. The third-order valence-corrected chi connectivity index (χ3v) is 2.76. The second kappa shape index (κ2) is 8.81. The quantitative estimate of drug-likeness (QED) is 0.627. The summed E-state index contributed by atoms with van der Waals surface area (Å²) < 4.78 is 16.1. The standard InChI is InChI=1S/C15H23O3/c1-4-5-6-7-10-18-12-13-8-9-14(16-2)15(11-13)17-3/h8-9,11H,1,4-7,10,12H2,2-3H3. The summed E-state index contributed by atoms with van der Waals surface area (Å²) in [6.45, 7) is 5.24. The van der Waals surface area contributed by atoms with Gasteiger partial charge in [0.2, 0.25) is 0 Å². The van der Waals surface area contributed by atoms with Gasteiger partial charge in [-0.25, -0.2) is 0 Å². The molecule has 0 aromatic heterocycles. The Balaban J connectivity index is 2.34. The fourth-order valence-corrected chi connectivity index (χ4v) is 1.72. The summed E-state index contributed by atoms with van der Waals surface area (Å²) in [5.74, 6) is 1.49. The van der Waals surface area contributed by atoms with Gasteiger partial charge in [-0.1, -0.05) is 32.3 Å². The smallest absolute Gasteiger partial charge is 0.161 e. The Morgan fingerprint density at radius 1 is 1.00 bits per heavy atom. The predicted molar refractivity (Wildman–Crippen MR) is 73.0 cm³/mol. The van der Waals surface area contributed by atoms with E-state index < -0.39 is 0 Å². The third-order valence-electron chi connectivity index (χ3n) is 2.76. The second-order valence-electron chi connectivity index (χ2n) is 4.16. The van der Waals surface area contributed by atoms with E-state index in [4.69, 9.17) is 14.2 Å². The van der Waals surface area contributed by atoms with E-state index in [1.54, 1.807) is 14.2 Å². The van der Waals surface area contributed by atoms with Crippen molar-refractivity contribution in [1.82, 2.24) is 0 Å². The van der Waals surface area contributed by atoms with Crippen molar-refractivity contribution in [1.29, 1.82) is 0 Å². The Bertz CT molecular complexity index is 337. The highest BCUT2D eigenvalue weighted by Crippen LogP contribution is 2.27. The van der Waals surface area contributed by atoms with Crippen LogP contribution in [0.2, 0.25) is 0 Å². The van der Waals surface area contributed by atoms with Crippen LogP contribution in [0.3, 0.4) is 0 Å². The molecule has 0 saturated carbocycles. The summed E-state index contributed by atoms with van der Waals surface area (Å²) in [6, 6.07) is 5.85. The van der Waals surface area contributed by atoms with E-state index in [0.717, 1.165) is 36.5 Å². The van der Waals surface area contributed by atoms with E-state index in [0.29, 0.717) is 6.61 Å². The maximum Gasteiger partial charge on any atom is 0.161 e. The Morgan fingerprint density at radius 3 is 2.44 bits per heavy atom. The van der Waals surface area contributed by atoms with Gasteiger partial charge >= 0.3 is 0 Å². The summed E-state index contributed by atoms with van der Waals surface area (Å²) in [4.78, 5) is 0. The fraction of sp³-hybridized carbons (Fsp3) is 0.533. The number of benzene rings is 1. The van der Waals surface area contributed by atoms with Gasteiger partial charge in [0, 0.05) is 6.61 Å². The zero-order valence-corrected chi connectivity index (χ0v) is 11.4. The number of unbranched alkanes of at least 4 members (excludes halogenated alkanes) is 3. The van der Waals surface area contributed by atoms with Crippen LogP contribution in [-0.4, -0.2) is 20.8 Å². The topological polar surface area (TPSA) is 27.7 Å². The molecule has 0 unspecified atom stereocenters. The molecule has 1 radical (unpaired) electrons.